The first-order valence-corrected chi connectivity index (χ1v) is 3.62. The lowest BCUT2D eigenvalue weighted by molar-refractivity contribution is -0.0556. The summed E-state index contributed by atoms with van der Waals surface area (Å²) in [5, 5.41) is 8.37. The summed E-state index contributed by atoms with van der Waals surface area (Å²) in [4.78, 5) is 0. The SMILES string of the molecule is Cc1ccc(C(F)(F)CO)cc1. The molecule has 0 unspecified atom stereocenters. The van der Waals surface area contributed by atoms with Crippen LogP contribution in [0.3, 0.4) is 0 Å². The van der Waals surface area contributed by atoms with Gasteiger partial charge in [-0.15, -0.1) is 0 Å². The minimum Gasteiger partial charge on any atom is -0.390 e. The van der Waals surface area contributed by atoms with Gasteiger partial charge < -0.3 is 5.11 Å². The Labute approximate surface area is 69.7 Å². The molecule has 0 heterocycles. The zero-order chi connectivity index (χ0) is 9.19. The van der Waals surface area contributed by atoms with Crippen molar-refractivity contribution in [1.82, 2.24) is 0 Å². The molecule has 1 N–H and O–H groups in total. The maximum Gasteiger partial charge on any atom is 0.295 e. The number of halogens is 2. The van der Waals surface area contributed by atoms with Crippen molar-refractivity contribution in [3.05, 3.63) is 35.4 Å². The van der Waals surface area contributed by atoms with Gasteiger partial charge in [-0.2, -0.15) is 8.78 Å². The number of rotatable bonds is 2. The first kappa shape index (κ1) is 9.13. The molecule has 0 aromatic heterocycles. The van der Waals surface area contributed by atoms with E-state index in [9.17, 15) is 8.78 Å². The predicted molar refractivity (Wildman–Crippen MR) is 42.2 cm³/mol. The molecule has 0 fully saturated rings. The largest absolute Gasteiger partial charge is 0.390 e. The number of benzene rings is 1. The topological polar surface area (TPSA) is 20.2 Å². The van der Waals surface area contributed by atoms with Crippen LogP contribution in [0.1, 0.15) is 11.1 Å². The average Bonchev–Trinajstić information content (AvgIpc) is 2.05. The Kier molecular flexibility index (Phi) is 2.43. The molecule has 0 atom stereocenters. The molecule has 3 heteroatoms. The van der Waals surface area contributed by atoms with Crippen LogP contribution >= 0.6 is 0 Å². The maximum absolute atomic E-state index is 12.8. The zero-order valence-electron chi connectivity index (χ0n) is 6.72. The van der Waals surface area contributed by atoms with E-state index < -0.39 is 12.5 Å². The lowest BCUT2D eigenvalue weighted by Gasteiger charge is -2.12. The Morgan fingerprint density at radius 3 is 2.17 bits per heavy atom. The molecule has 0 saturated heterocycles. The van der Waals surface area contributed by atoms with Gasteiger partial charge >= 0.3 is 0 Å². The number of hydrogen-bond acceptors (Lipinski definition) is 1. The average molecular weight is 172 g/mol. The van der Waals surface area contributed by atoms with Crippen LogP contribution in [0.5, 0.6) is 0 Å². The van der Waals surface area contributed by atoms with Crippen molar-refractivity contribution in [3.63, 3.8) is 0 Å². The highest BCUT2D eigenvalue weighted by Crippen LogP contribution is 2.26. The molecule has 0 radical (unpaired) electrons. The van der Waals surface area contributed by atoms with Crippen LogP contribution in [0.4, 0.5) is 8.78 Å². The molecule has 0 aliphatic heterocycles. The first-order chi connectivity index (χ1) is 5.56. The summed E-state index contributed by atoms with van der Waals surface area (Å²) in [5.41, 5.74) is 0.781. The third-order valence-corrected chi connectivity index (χ3v) is 1.67. The second kappa shape index (κ2) is 3.19. The van der Waals surface area contributed by atoms with E-state index in [1.54, 1.807) is 12.1 Å². The lowest BCUT2D eigenvalue weighted by atomic mass is 10.1. The summed E-state index contributed by atoms with van der Waals surface area (Å²) in [7, 11) is 0. The normalized spacial score (nSPS) is 11.7. The highest BCUT2D eigenvalue weighted by atomic mass is 19.3. The summed E-state index contributed by atoms with van der Waals surface area (Å²) in [6.45, 7) is 0.678. The number of aliphatic hydroxyl groups is 1. The van der Waals surface area contributed by atoms with E-state index in [2.05, 4.69) is 0 Å². The molecule has 1 aromatic rings. The van der Waals surface area contributed by atoms with Gasteiger partial charge in [0.15, 0.2) is 0 Å². The highest BCUT2D eigenvalue weighted by molar-refractivity contribution is 5.24. The fourth-order valence-corrected chi connectivity index (χ4v) is 0.889. The molecule has 0 amide bonds. The molecule has 0 bridgehead atoms. The minimum atomic E-state index is -3.12. The van der Waals surface area contributed by atoms with Gasteiger partial charge in [0.2, 0.25) is 0 Å². The third kappa shape index (κ3) is 1.80. The Bertz CT molecular complexity index is 254. The van der Waals surface area contributed by atoms with Gasteiger partial charge in [0, 0.05) is 5.56 Å². The molecule has 0 aliphatic carbocycles. The fraction of sp³-hybridized carbons (Fsp3) is 0.333. The van der Waals surface area contributed by atoms with Crippen LogP contribution in [0.2, 0.25) is 0 Å². The number of aryl methyl sites for hydroxylation is 1. The summed E-state index contributed by atoms with van der Waals surface area (Å²) in [6.07, 6.45) is 0. The summed E-state index contributed by atoms with van der Waals surface area (Å²) in [6, 6.07) is 5.84. The Balaban J connectivity index is 2.96. The Hall–Kier alpha value is -0.960. The smallest absolute Gasteiger partial charge is 0.295 e. The monoisotopic (exact) mass is 172 g/mol. The molecule has 66 valence electrons. The van der Waals surface area contributed by atoms with Crippen molar-refractivity contribution in [1.29, 1.82) is 0 Å². The lowest BCUT2D eigenvalue weighted by Crippen LogP contribution is -2.18. The van der Waals surface area contributed by atoms with Gasteiger partial charge in [0.1, 0.15) is 6.61 Å². The predicted octanol–water partition coefficient (Wildman–Crippen LogP) is 2.08. The van der Waals surface area contributed by atoms with Crippen LogP contribution < -0.4 is 0 Å². The van der Waals surface area contributed by atoms with Crippen molar-refractivity contribution in [3.8, 4) is 0 Å². The van der Waals surface area contributed by atoms with Crippen LogP contribution in [0.15, 0.2) is 24.3 Å². The van der Waals surface area contributed by atoms with Gasteiger partial charge in [-0.3, -0.25) is 0 Å². The van der Waals surface area contributed by atoms with Gasteiger partial charge in [-0.05, 0) is 6.92 Å². The van der Waals surface area contributed by atoms with Crippen molar-refractivity contribution in [2.75, 3.05) is 6.61 Å². The molecular formula is C9H10F2O. The third-order valence-electron chi connectivity index (χ3n) is 1.67. The quantitative estimate of drug-likeness (QED) is 0.724. The molecule has 0 saturated carbocycles. The van der Waals surface area contributed by atoms with E-state index in [1.807, 2.05) is 6.92 Å². The molecule has 1 rings (SSSR count). The number of aliphatic hydroxyl groups excluding tert-OH is 1. The number of hydrogen-bond donors (Lipinski definition) is 1. The van der Waals surface area contributed by atoms with Gasteiger partial charge in [0.05, 0.1) is 0 Å². The van der Waals surface area contributed by atoms with Crippen LogP contribution in [-0.2, 0) is 5.92 Å². The van der Waals surface area contributed by atoms with Crippen molar-refractivity contribution in [2.24, 2.45) is 0 Å². The maximum atomic E-state index is 12.8. The highest BCUT2D eigenvalue weighted by Gasteiger charge is 2.29. The summed E-state index contributed by atoms with van der Waals surface area (Å²) >= 11 is 0. The van der Waals surface area contributed by atoms with E-state index >= 15 is 0 Å². The van der Waals surface area contributed by atoms with E-state index in [4.69, 9.17) is 5.11 Å². The molecular weight excluding hydrogens is 162 g/mol. The molecule has 1 aromatic carbocycles. The Morgan fingerprint density at radius 1 is 1.25 bits per heavy atom. The molecule has 1 nitrogen and oxygen atoms in total. The van der Waals surface area contributed by atoms with Gasteiger partial charge in [0.25, 0.3) is 5.92 Å². The van der Waals surface area contributed by atoms with Gasteiger partial charge in [-0.25, -0.2) is 0 Å². The minimum absolute atomic E-state index is 0.143. The van der Waals surface area contributed by atoms with E-state index in [-0.39, 0.29) is 5.56 Å². The van der Waals surface area contributed by atoms with Gasteiger partial charge in [-0.1, -0.05) is 29.8 Å². The fourth-order valence-electron chi connectivity index (χ4n) is 0.889. The van der Waals surface area contributed by atoms with Crippen LogP contribution in [-0.4, -0.2) is 11.7 Å². The van der Waals surface area contributed by atoms with Crippen molar-refractivity contribution in [2.45, 2.75) is 12.8 Å². The molecule has 0 spiro atoms. The van der Waals surface area contributed by atoms with Crippen LogP contribution in [0, 0.1) is 6.92 Å². The van der Waals surface area contributed by atoms with Crippen molar-refractivity contribution < 1.29 is 13.9 Å². The summed E-state index contributed by atoms with van der Waals surface area (Å²) in [5.74, 6) is -3.12. The summed E-state index contributed by atoms with van der Waals surface area (Å²) < 4.78 is 25.5. The first-order valence-electron chi connectivity index (χ1n) is 3.62. The number of alkyl halides is 2. The molecule has 0 aliphatic rings. The second-order valence-electron chi connectivity index (χ2n) is 2.73. The van der Waals surface area contributed by atoms with E-state index in [1.165, 1.54) is 12.1 Å². The Morgan fingerprint density at radius 2 is 1.75 bits per heavy atom. The van der Waals surface area contributed by atoms with Crippen molar-refractivity contribution >= 4 is 0 Å². The van der Waals surface area contributed by atoms with E-state index in [0.29, 0.717) is 0 Å². The second-order valence-corrected chi connectivity index (χ2v) is 2.73. The van der Waals surface area contributed by atoms with E-state index in [0.717, 1.165) is 5.56 Å². The van der Waals surface area contributed by atoms with Crippen LogP contribution in [0.25, 0.3) is 0 Å². The molecule has 12 heavy (non-hydrogen) atoms. The standard InChI is InChI=1S/C9H10F2O/c1-7-2-4-8(5-3-7)9(10,11)6-12/h2-5,12H,6H2,1H3. The zero-order valence-corrected chi connectivity index (χ0v) is 6.72.